The number of pyridine rings is 1. The standard InChI is InChI=1S/C19H24ClN6O/c1-5-14-12(2)10-15(27-14)26-11-21-16-17(22-19(20)23-18(16)26)25-8-6-13(7-9-25)24(3)4/h6-9,11-12,14-15H,5,10H2,1-4H3/q+1/t12?,14-,15-/m1/s1. The molecule has 0 spiro atoms. The first-order valence-corrected chi connectivity index (χ1v) is 9.60. The zero-order chi connectivity index (χ0) is 19.1. The van der Waals surface area contributed by atoms with Crippen LogP contribution in [-0.2, 0) is 4.74 Å². The van der Waals surface area contributed by atoms with Crippen LogP contribution in [0.15, 0.2) is 30.9 Å². The van der Waals surface area contributed by atoms with Crippen molar-refractivity contribution in [2.24, 2.45) is 5.92 Å². The maximum atomic E-state index is 6.25. The number of rotatable bonds is 4. The van der Waals surface area contributed by atoms with Crippen molar-refractivity contribution >= 4 is 28.5 Å². The Balaban J connectivity index is 1.77. The van der Waals surface area contributed by atoms with Gasteiger partial charge in [0.1, 0.15) is 6.23 Å². The number of anilines is 1. The highest BCUT2D eigenvalue weighted by molar-refractivity contribution is 6.28. The van der Waals surface area contributed by atoms with E-state index in [2.05, 4.69) is 28.8 Å². The zero-order valence-corrected chi connectivity index (χ0v) is 16.8. The second-order valence-corrected chi connectivity index (χ2v) is 7.59. The van der Waals surface area contributed by atoms with Crippen LogP contribution in [0.2, 0.25) is 5.28 Å². The Hall–Kier alpha value is -2.25. The zero-order valence-electron chi connectivity index (χ0n) is 16.0. The van der Waals surface area contributed by atoms with Gasteiger partial charge in [-0.15, -0.1) is 0 Å². The molecule has 0 bridgehead atoms. The molecule has 8 heteroatoms. The molecule has 27 heavy (non-hydrogen) atoms. The predicted molar refractivity (Wildman–Crippen MR) is 104 cm³/mol. The fourth-order valence-corrected chi connectivity index (χ4v) is 3.82. The summed E-state index contributed by atoms with van der Waals surface area (Å²) in [7, 11) is 4.01. The predicted octanol–water partition coefficient (Wildman–Crippen LogP) is 3.16. The summed E-state index contributed by atoms with van der Waals surface area (Å²) < 4.78 is 10.1. The summed E-state index contributed by atoms with van der Waals surface area (Å²) in [4.78, 5) is 15.5. The van der Waals surface area contributed by atoms with Crippen molar-refractivity contribution in [1.29, 1.82) is 0 Å². The molecule has 3 aromatic heterocycles. The third-order valence-corrected chi connectivity index (χ3v) is 5.37. The van der Waals surface area contributed by atoms with Crippen LogP contribution in [0.4, 0.5) is 5.69 Å². The number of hydrogen-bond acceptors (Lipinski definition) is 5. The molecule has 7 nitrogen and oxygen atoms in total. The summed E-state index contributed by atoms with van der Waals surface area (Å²) in [5.74, 6) is 1.16. The molecule has 1 unspecified atom stereocenters. The highest BCUT2D eigenvalue weighted by Gasteiger charge is 2.34. The van der Waals surface area contributed by atoms with E-state index in [1.807, 2.05) is 52.7 Å². The minimum absolute atomic E-state index is 0.0742. The Morgan fingerprint density at radius 1 is 1.30 bits per heavy atom. The summed E-state index contributed by atoms with van der Waals surface area (Å²) >= 11 is 6.25. The highest BCUT2D eigenvalue weighted by Crippen LogP contribution is 2.36. The lowest BCUT2D eigenvalue weighted by Crippen LogP contribution is -2.32. The van der Waals surface area contributed by atoms with Crippen molar-refractivity contribution in [3.05, 3.63) is 36.1 Å². The minimum Gasteiger partial charge on any atom is -0.377 e. The van der Waals surface area contributed by atoms with Gasteiger partial charge >= 0.3 is 11.1 Å². The number of ether oxygens (including phenoxy) is 1. The smallest absolute Gasteiger partial charge is 0.361 e. The second-order valence-electron chi connectivity index (χ2n) is 7.25. The van der Waals surface area contributed by atoms with E-state index in [-0.39, 0.29) is 17.6 Å². The molecule has 0 amide bonds. The lowest BCUT2D eigenvalue weighted by atomic mass is 10.0. The minimum atomic E-state index is -0.0742. The number of hydrogen-bond donors (Lipinski definition) is 0. The van der Waals surface area contributed by atoms with E-state index in [4.69, 9.17) is 16.3 Å². The van der Waals surface area contributed by atoms with Gasteiger partial charge < -0.3 is 9.64 Å². The average Bonchev–Trinajstić information content (AvgIpc) is 3.24. The number of fused-ring (bicyclic) bond motifs is 1. The SMILES string of the molecule is CC[C@H]1O[C@@H](n2cnc3c(-[n+]4ccc(N(C)C)cc4)nc(Cl)nc32)CC1C. The third-order valence-electron chi connectivity index (χ3n) is 5.20. The van der Waals surface area contributed by atoms with Crippen molar-refractivity contribution in [3.8, 4) is 5.82 Å². The Morgan fingerprint density at radius 3 is 2.67 bits per heavy atom. The van der Waals surface area contributed by atoms with Gasteiger partial charge in [0.05, 0.1) is 24.8 Å². The summed E-state index contributed by atoms with van der Waals surface area (Å²) in [5, 5.41) is 0.196. The van der Waals surface area contributed by atoms with Crippen molar-refractivity contribution in [3.63, 3.8) is 0 Å². The van der Waals surface area contributed by atoms with E-state index in [0.29, 0.717) is 22.9 Å². The maximum absolute atomic E-state index is 6.25. The Labute approximate surface area is 163 Å². The van der Waals surface area contributed by atoms with E-state index in [1.54, 1.807) is 6.33 Å². The van der Waals surface area contributed by atoms with Crippen molar-refractivity contribution in [2.45, 2.75) is 39.0 Å². The van der Waals surface area contributed by atoms with Gasteiger partial charge in [-0.2, -0.15) is 4.98 Å². The lowest BCUT2D eigenvalue weighted by molar-refractivity contribution is -0.598. The van der Waals surface area contributed by atoms with E-state index in [0.717, 1.165) is 18.5 Å². The quantitative estimate of drug-likeness (QED) is 0.508. The summed E-state index contributed by atoms with van der Waals surface area (Å²) in [6.07, 6.45) is 7.81. The topological polar surface area (TPSA) is 60.0 Å². The molecular weight excluding hydrogens is 364 g/mol. The van der Waals surface area contributed by atoms with Crippen LogP contribution in [-0.4, -0.2) is 39.7 Å². The fraction of sp³-hybridized carbons (Fsp3) is 0.474. The van der Waals surface area contributed by atoms with Crippen molar-refractivity contribution < 1.29 is 9.30 Å². The van der Waals surface area contributed by atoms with Crippen LogP contribution < -0.4 is 9.47 Å². The second kappa shape index (κ2) is 7.05. The molecular formula is C19H24ClN6O+. The summed E-state index contributed by atoms with van der Waals surface area (Å²) in [6, 6.07) is 4.04. The summed E-state index contributed by atoms with van der Waals surface area (Å²) in [5.41, 5.74) is 2.51. The number of halogens is 1. The molecule has 1 saturated heterocycles. The highest BCUT2D eigenvalue weighted by atomic mass is 35.5. The Bertz CT molecular complexity index is 955. The van der Waals surface area contributed by atoms with Crippen molar-refractivity contribution in [1.82, 2.24) is 19.5 Å². The first kappa shape index (κ1) is 18.1. The molecule has 1 aliphatic heterocycles. The van der Waals surface area contributed by atoms with E-state index < -0.39 is 0 Å². The average molecular weight is 388 g/mol. The van der Waals surface area contributed by atoms with Gasteiger partial charge in [0.15, 0.2) is 5.65 Å². The monoisotopic (exact) mass is 387 g/mol. The van der Waals surface area contributed by atoms with Gasteiger partial charge in [0.25, 0.3) is 0 Å². The van der Waals surface area contributed by atoms with Crippen LogP contribution in [0, 0.1) is 5.92 Å². The molecule has 0 aliphatic carbocycles. The lowest BCUT2D eigenvalue weighted by Gasteiger charge is -2.14. The van der Waals surface area contributed by atoms with E-state index in [1.165, 1.54) is 0 Å². The normalized spacial score (nSPS) is 22.5. The molecule has 4 rings (SSSR count). The van der Waals surface area contributed by atoms with Gasteiger partial charge in [0.2, 0.25) is 5.52 Å². The van der Waals surface area contributed by atoms with Crippen LogP contribution in [0.25, 0.3) is 17.0 Å². The first-order valence-electron chi connectivity index (χ1n) is 9.22. The third kappa shape index (κ3) is 3.26. The molecule has 3 aromatic rings. The maximum Gasteiger partial charge on any atom is 0.361 e. The molecule has 0 N–H and O–H groups in total. The fourth-order valence-electron chi connectivity index (χ4n) is 3.66. The molecule has 4 heterocycles. The van der Waals surface area contributed by atoms with Crippen molar-refractivity contribution in [2.75, 3.05) is 19.0 Å². The molecule has 0 saturated carbocycles. The van der Waals surface area contributed by atoms with Gasteiger partial charge in [-0.3, -0.25) is 4.57 Å². The Morgan fingerprint density at radius 2 is 2.04 bits per heavy atom. The molecule has 0 aromatic carbocycles. The largest absolute Gasteiger partial charge is 0.377 e. The van der Waals surface area contributed by atoms with Crippen LogP contribution >= 0.6 is 11.6 Å². The van der Waals surface area contributed by atoms with Crippen LogP contribution in [0.3, 0.4) is 0 Å². The van der Waals surface area contributed by atoms with Gasteiger partial charge in [0, 0.05) is 31.9 Å². The van der Waals surface area contributed by atoms with Crippen LogP contribution in [0.1, 0.15) is 32.9 Å². The molecule has 1 fully saturated rings. The molecule has 3 atom stereocenters. The van der Waals surface area contributed by atoms with E-state index >= 15 is 0 Å². The molecule has 142 valence electrons. The summed E-state index contributed by atoms with van der Waals surface area (Å²) in [6.45, 7) is 4.38. The van der Waals surface area contributed by atoms with E-state index in [9.17, 15) is 0 Å². The van der Waals surface area contributed by atoms with Crippen LogP contribution in [0.5, 0.6) is 0 Å². The van der Waals surface area contributed by atoms with Gasteiger partial charge in [-0.05, 0) is 35.3 Å². The molecule has 1 aliphatic rings. The number of imidazole rings is 1. The Kier molecular flexibility index (Phi) is 4.74. The van der Waals surface area contributed by atoms with Gasteiger partial charge in [-0.1, -0.05) is 13.8 Å². The first-order chi connectivity index (χ1) is 13.0. The van der Waals surface area contributed by atoms with Gasteiger partial charge in [-0.25, -0.2) is 9.55 Å². The number of nitrogens with zero attached hydrogens (tertiary/aromatic N) is 6. The molecule has 0 radical (unpaired) electrons. The number of aromatic nitrogens is 5.